The molecule has 0 unspecified atom stereocenters. The Hall–Kier alpha value is -0.487. The number of fused-ring (bicyclic) bond motifs is 1. The van der Waals surface area contributed by atoms with Gasteiger partial charge >= 0.3 is 26.2 Å². The minimum atomic E-state index is 0. The second-order valence-electron chi connectivity index (χ2n) is 7.25. The van der Waals surface area contributed by atoms with Gasteiger partial charge in [0.15, 0.2) is 0 Å². The smallest absolute Gasteiger partial charge is 1.00 e. The van der Waals surface area contributed by atoms with Crippen molar-refractivity contribution in [1.29, 1.82) is 0 Å². The molecule has 0 saturated carbocycles. The van der Waals surface area contributed by atoms with Crippen molar-refractivity contribution in [2.75, 3.05) is 0 Å². The van der Waals surface area contributed by atoms with Crippen LogP contribution in [0.25, 0.3) is 21.9 Å². The maximum atomic E-state index is 2.37. The van der Waals surface area contributed by atoms with Crippen molar-refractivity contribution in [1.82, 2.24) is 0 Å². The van der Waals surface area contributed by atoms with E-state index in [0.717, 1.165) is 6.42 Å². The first-order valence-corrected chi connectivity index (χ1v) is 8.28. The van der Waals surface area contributed by atoms with Gasteiger partial charge in [-0.15, -0.1) is 34.5 Å². The Morgan fingerprint density at radius 3 is 2.12 bits per heavy atom. The van der Waals surface area contributed by atoms with E-state index >= 15 is 0 Å². The molecule has 3 aromatic carbocycles. The Morgan fingerprint density at radius 1 is 0.920 bits per heavy atom. The molecule has 0 atom stereocenters. The molecule has 0 heterocycles. The molecule has 0 saturated heterocycles. The van der Waals surface area contributed by atoms with E-state index in [4.69, 9.17) is 0 Å². The van der Waals surface area contributed by atoms with Crippen molar-refractivity contribution in [3.63, 3.8) is 0 Å². The van der Waals surface area contributed by atoms with Gasteiger partial charge in [0.2, 0.25) is 0 Å². The van der Waals surface area contributed by atoms with Gasteiger partial charge in [0, 0.05) is 0 Å². The van der Waals surface area contributed by atoms with Gasteiger partial charge in [-0.05, 0) is 23.0 Å². The van der Waals surface area contributed by atoms with Gasteiger partial charge in [-0.3, -0.25) is 0 Å². The maximum absolute atomic E-state index is 2.37. The first kappa shape index (κ1) is 24.5. The predicted octanol–water partition coefficient (Wildman–Crippen LogP) is 0.481. The molecule has 0 aliphatic carbocycles. The molecule has 3 rings (SSSR count). The largest absolute Gasteiger partial charge is 3.00 e. The van der Waals surface area contributed by atoms with Gasteiger partial charge < -0.3 is 24.8 Å². The minimum absolute atomic E-state index is 0. The van der Waals surface area contributed by atoms with Crippen molar-refractivity contribution in [2.24, 2.45) is 0 Å². The fourth-order valence-corrected chi connectivity index (χ4v) is 3.13. The molecule has 0 aliphatic heterocycles. The van der Waals surface area contributed by atoms with Crippen molar-refractivity contribution in [3.8, 4) is 11.1 Å². The van der Waals surface area contributed by atoms with Gasteiger partial charge in [0.25, 0.3) is 0 Å². The number of hydrogen-bond donors (Lipinski definition) is 0. The van der Waals surface area contributed by atoms with Crippen LogP contribution in [-0.2, 0) is 38.0 Å². The summed E-state index contributed by atoms with van der Waals surface area (Å²) in [4.78, 5) is 0. The third-order valence-corrected chi connectivity index (χ3v) is 4.41. The van der Waals surface area contributed by atoms with Gasteiger partial charge in [0.05, 0.1) is 0 Å². The van der Waals surface area contributed by atoms with Crippen LogP contribution in [0.1, 0.15) is 45.2 Å². The third-order valence-electron chi connectivity index (χ3n) is 4.41. The first-order valence-electron chi connectivity index (χ1n) is 8.28. The van der Waals surface area contributed by atoms with Crippen LogP contribution in [0.4, 0.5) is 0 Å². The number of halogens is 2. The zero-order valence-electron chi connectivity index (χ0n) is 15.4. The second kappa shape index (κ2) is 10.0. The van der Waals surface area contributed by atoms with E-state index in [2.05, 4.69) is 82.3 Å². The van der Waals surface area contributed by atoms with Crippen molar-refractivity contribution in [3.05, 3.63) is 65.7 Å². The van der Waals surface area contributed by atoms with E-state index in [1.807, 2.05) is 0 Å². The number of hydrogen-bond acceptors (Lipinski definition) is 0. The fraction of sp³-hybridized carbons (Fsp3) is 0.318. The van der Waals surface area contributed by atoms with Gasteiger partial charge in [-0.25, -0.2) is 0 Å². The average Bonchev–Trinajstić information content (AvgIpc) is 2.89. The fourth-order valence-electron chi connectivity index (χ4n) is 3.13. The van der Waals surface area contributed by atoms with E-state index in [9.17, 15) is 0 Å². The predicted molar refractivity (Wildman–Crippen MR) is 97.7 cm³/mol. The second-order valence-corrected chi connectivity index (χ2v) is 7.25. The SMILES string of the molecule is CCCc1cc2c(-c3ccc(C(C)(C)C)cc3)cccc2[cH-]1.[Cl-].[Cl-].[Zr+3]. The zero-order valence-corrected chi connectivity index (χ0v) is 19.3. The molecule has 0 aliphatic rings. The summed E-state index contributed by atoms with van der Waals surface area (Å²) in [6, 6.07) is 20.4. The van der Waals surface area contributed by atoms with Gasteiger partial charge in [-0.1, -0.05) is 70.0 Å². The van der Waals surface area contributed by atoms with Crippen LogP contribution in [0.3, 0.4) is 0 Å². The Balaban J connectivity index is 0.00000192. The first-order chi connectivity index (χ1) is 10.5. The third kappa shape index (κ3) is 5.49. The number of aryl methyl sites for hydroxylation is 1. The Bertz CT molecular complexity index is 780. The van der Waals surface area contributed by atoms with Crippen LogP contribution in [-0.4, -0.2) is 0 Å². The van der Waals surface area contributed by atoms with Crippen LogP contribution in [0, 0.1) is 0 Å². The molecule has 0 bridgehead atoms. The molecule has 0 N–H and O–H groups in total. The summed E-state index contributed by atoms with van der Waals surface area (Å²) in [5, 5.41) is 2.75. The van der Waals surface area contributed by atoms with E-state index < -0.39 is 0 Å². The van der Waals surface area contributed by atoms with Crippen LogP contribution >= 0.6 is 0 Å². The minimum Gasteiger partial charge on any atom is -1.00 e. The number of benzene rings is 2. The molecule has 0 nitrogen and oxygen atoms in total. The van der Waals surface area contributed by atoms with E-state index in [0.29, 0.717) is 0 Å². The van der Waals surface area contributed by atoms with E-state index in [1.54, 1.807) is 0 Å². The van der Waals surface area contributed by atoms with Gasteiger partial charge in [0.1, 0.15) is 0 Å². The molecule has 25 heavy (non-hydrogen) atoms. The Morgan fingerprint density at radius 2 is 1.56 bits per heavy atom. The Labute approximate surface area is 183 Å². The molecule has 0 amide bonds. The summed E-state index contributed by atoms with van der Waals surface area (Å²) in [7, 11) is 0. The molecule has 0 fully saturated rings. The van der Waals surface area contributed by atoms with Crippen LogP contribution in [0.5, 0.6) is 0 Å². The summed E-state index contributed by atoms with van der Waals surface area (Å²) >= 11 is 0. The summed E-state index contributed by atoms with van der Waals surface area (Å²) in [6.45, 7) is 9.02. The summed E-state index contributed by atoms with van der Waals surface area (Å²) < 4.78 is 0. The number of rotatable bonds is 3. The zero-order chi connectivity index (χ0) is 15.7. The van der Waals surface area contributed by atoms with Gasteiger partial charge in [-0.2, -0.15) is 6.07 Å². The molecule has 131 valence electrons. The van der Waals surface area contributed by atoms with Crippen molar-refractivity contribution in [2.45, 2.75) is 46.0 Å². The van der Waals surface area contributed by atoms with E-state index in [1.165, 1.54) is 39.4 Å². The maximum Gasteiger partial charge on any atom is 3.00 e. The molecule has 3 aromatic rings. The van der Waals surface area contributed by atoms with Crippen molar-refractivity contribution >= 4 is 10.8 Å². The van der Waals surface area contributed by atoms with Crippen LogP contribution in [0.15, 0.2) is 54.6 Å². The van der Waals surface area contributed by atoms with E-state index in [-0.39, 0.29) is 56.4 Å². The molecular weight excluding hydrogens is 426 g/mol. The summed E-state index contributed by atoms with van der Waals surface area (Å²) in [5.74, 6) is 0. The molecule has 0 aromatic heterocycles. The molecule has 1 radical (unpaired) electrons. The molecular formula is C22H25Cl2Zr. The average molecular weight is 452 g/mol. The monoisotopic (exact) mass is 449 g/mol. The quantitative estimate of drug-likeness (QED) is 0.509. The summed E-state index contributed by atoms with van der Waals surface area (Å²) in [5.41, 5.74) is 5.71. The molecule has 3 heteroatoms. The normalized spacial score (nSPS) is 10.6. The standard InChI is InChI=1S/C22H25.2ClH.Zr/c1-5-7-16-14-18-8-6-9-20(21(18)15-16)17-10-12-19(13-11-17)22(2,3)4;;;/h6,8-15H,5,7H2,1-4H3;2*1H;/q-1;;;+3/p-2. The summed E-state index contributed by atoms with van der Waals surface area (Å²) in [6.07, 6.45) is 2.36. The topological polar surface area (TPSA) is 0 Å². The van der Waals surface area contributed by atoms with Crippen molar-refractivity contribution < 1.29 is 51.0 Å². The van der Waals surface area contributed by atoms with Crippen LogP contribution in [0.2, 0.25) is 0 Å². The Kier molecular flexibility index (Phi) is 9.81. The van der Waals surface area contributed by atoms with Crippen LogP contribution < -0.4 is 24.8 Å². The molecule has 0 spiro atoms.